The maximum atomic E-state index is 10.6. The van der Waals surface area contributed by atoms with Gasteiger partial charge >= 0.3 is 0 Å². The van der Waals surface area contributed by atoms with E-state index in [9.17, 15) is 4.79 Å². The summed E-state index contributed by atoms with van der Waals surface area (Å²) in [6.07, 6.45) is 3.84. The number of rotatable bonds is 1. The third-order valence-electron chi connectivity index (χ3n) is 2.37. The molecule has 1 aromatic carbocycles. The fourth-order valence-corrected chi connectivity index (χ4v) is 1.68. The summed E-state index contributed by atoms with van der Waals surface area (Å²) < 4.78 is 0. The molecule has 1 aliphatic rings. The van der Waals surface area contributed by atoms with Crippen molar-refractivity contribution < 1.29 is 4.79 Å². The van der Waals surface area contributed by atoms with E-state index < -0.39 is 0 Å². The summed E-state index contributed by atoms with van der Waals surface area (Å²) in [6, 6.07) is 6.09. The first-order valence-corrected chi connectivity index (χ1v) is 4.07. The quantitative estimate of drug-likeness (QED) is 0.572. The molecule has 0 bridgehead atoms. The van der Waals surface area contributed by atoms with Crippen molar-refractivity contribution in [3.63, 3.8) is 0 Å². The van der Waals surface area contributed by atoms with Crippen molar-refractivity contribution in [1.82, 2.24) is 0 Å². The lowest BCUT2D eigenvalue weighted by Crippen LogP contribution is -1.88. The van der Waals surface area contributed by atoms with E-state index in [0.717, 1.165) is 23.8 Å². The molecule has 12 heavy (non-hydrogen) atoms. The van der Waals surface area contributed by atoms with Gasteiger partial charge in [0.1, 0.15) is 6.29 Å². The van der Waals surface area contributed by atoms with Gasteiger partial charge in [0, 0.05) is 5.57 Å². The number of benzene rings is 1. The van der Waals surface area contributed by atoms with Gasteiger partial charge in [0.15, 0.2) is 0 Å². The van der Waals surface area contributed by atoms with Gasteiger partial charge in [-0.2, -0.15) is 0 Å². The fourth-order valence-electron chi connectivity index (χ4n) is 1.68. The molecule has 0 spiro atoms. The van der Waals surface area contributed by atoms with Crippen molar-refractivity contribution in [3.8, 4) is 0 Å². The van der Waals surface area contributed by atoms with Crippen LogP contribution in [0.25, 0.3) is 5.57 Å². The number of aryl methyl sites for hydroxylation is 1. The molecule has 1 heteroatoms. The summed E-state index contributed by atoms with van der Waals surface area (Å²) in [4.78, 5) is 10.6. The van der Waals surface area contributed by atoms with Gasteiger partial charge in [-0.25, -0.2) is 0 Å². The van der Waals surface area contributed by atoms with Crippen LogP contribution in [0.3, 0.4) is 0 Å². The van der Waals surface area contributed by atoms with E-state index in [0.29, 0.717) is 0 Å². The molecule has 0 heterocycles. The van der Waals surface area contributed by atoms with Gasteiger partial charge in [-0.1, -0.05) is 24.3 Å². The van der Waals surface area contributed by atoms with E-state index in [-0.39, 0.29) is 0 Å². The van der Waals surface area contributed by atoms with E-state index in [4.69, 9.17) is 0 Å². The highest BCUT2D eigenvalue weighted by molar-refractivity contribution is 6.09. The highest BCUT2D eigenvalue weighted by Crippen LogP contribution is 2.27. The minimum Gasteiger partial charge on any atom is -0.298 e. The number of aldehydes is 1. The highest BCUT2D eigenvalue weighted by atomic mass is 16.1. The molecule has 1 aliphatic carbocycles. The summed E-state index contributed by atoms with van der Waals surface area (Å²) in [7, 11) is 0. The highest BCUT2D eigenvalue weighted by Gasteiger charge is 2.13. The molecule has 2 rings (SSSR count). The molecule has 0 amide bonds. The SMILES string of the molecule is Cc1cccc2c1CC=C2C=O. The maximum Gasteiger partial charge on any atom is 0.150 e. The van der Waals surface area contributed by atoms with Crippen LogP contribution in [0.4, 0.5) is 0 Å². The van der Waals surface area contributed by atoms with Gasteiger partial charge < -0.3 is 0 Å². The van der Waals surface area contributed by atoms with Gasteiger partial charge in [-0.15, -0.1) is 0 Å². The fraction of sp³-hybridized carbons (Fsp3) is 0.182. The Hall–Kier alpha value is -1.37. The average Bonchev–Trinajstić information content (AvgIpc) is 2.49. The Morgan fingerprint density at radius 3 is 3.00 bits per heavy atom. The zero-order chi connectivity index (χ0) is 8.55. The molecule has 0 fully saturated rings. The Morgan fingerprint density at radius 2 is 2.25 bits per heavy atom. The van der Waals surface area contributed by atoms with E-state index in [2.05, 4.69) is 13.0 Å². The van der Waals surface area contributed by atoms with Crippen LogP contribution in [0, 0.1) is 6.92 Å². The van der Waals surface area contributed by atoms with E-state index >= 15 is 0 Å². The number of carbonyl (C=O) groups excluding carboxylic acids is 1. The predicted molar refractivity (Wildman–Crippen MR) is 48.9 cm³/mol. The Labute approximate surface area is 71.7 Å². The molecule has 0 N–H and O–H groups in total. The largest absolute Gasteiger partial charge is 0.298 e. The normalized spacial score (nSPS) is 13.9. The topological polar surface area (TPSA) is 17.1 Å². The maximum absolute atomic E-state index is 10.6. The molecular weight excluding hydrogens is 148 g/mol. The van der Waals surface area contributed by atoms with Crippen LogP contribution in [0.1, 0.15) is 16.7 Å². The smallest absolute Gasteiger partial charge is 0.150 e. The summed E-state index contributed by atoms with van der Waals surface area (Å²) >= 11 is 0. The number of allylic oxidation sites excluding steroid dienone is 2. The number of hydrogen-bond acceptors (Lipinski definition) is 1. The molecule has 0 unspecified atom stereocenters. The molecule has 0 saturated heterocycles. The van der Waals surface area contributed by atoms with Crippen molar-refractivity contribution in [1.29, 1.82) is 0 Å². The van der Waals surface area contributed by atoms with E-state index in [1.54, 1.807) is 0 Å². The van der Waals surface area contributed by atoms with Crippen LogP contribution in [0.15, 0.2) is 24.3 Å². The monoisotopic (exact) mass is 158 g/mol. The van der Waals surface area contributed by atoms with E-state index in [1.165, 1.54) is 11.1 Å². The first kappa shape index (κ1) is 7.29. The molecule has 0 aromatic heterocycles. The predicted octanol–water partition coefficient (Wildman–Crippen LogP) is 2.13. The second-order valence-electron chi connectivity index (χ2n) is 3.08. The minimum atomic E-state index is 0.841. The molecule has 1 nitrogen and oxygen atoms in total. The Balaban J connectivity index is 2.60. The molecule has 60 valence electrons. The summed E-state index contributed by atoms with van der Waals surface area (Å²) in [5, 5.41) is 0. The van der Waals surface area contributed by atoms with Crippen molar-refractivity contribution in [2.45, 2.75) is 13.3 Å². The van der Waals surface area contributed by atoms with E-state index in [1.807, 2.05) is 18.2 Å². The summed E-state index contributed by atoms with van der Waals surface area (Å²) in [5.74, 6) is 0. The first-order valence-electron chi connectivity index (χ1n) is 4.07. The Kier molecular flexibility index (Phi) is 1.58. The summed E-state index contributed by atoms with van der Waals surface area (Å²) in [6.45, 7) is 2.08. The van der Waals surface area contributed by atoms with Crippen LogP contribution < -0.4 is 0 Å². The lowest BCUT2D eigenvalue weighted by atomic mass is 10.0. The third-order valence-corrected chi connectivity index (χ3v) is 2.37. The van der Waals surface area contributed by atoms with Crippen molar-refractivity contribution in [2.24, 2.45) is 0 Å². The number of fused-ring (bicyclic) bond motifs is 1. The van der Waals surface area contributed by atoms with Gasteiger partial charge in [0.2, 0.25) is 0 Å². The zero-order valence-corrected chi connectivity index (χ0v) is 7.00. The molecule has 0 aliphatic heterocycles. The van der Waals surface area contributed by atoms with Gasteiger partial charge in [0.05, 0.1) is 0 Å². The second kappa shape index (κ2) is 2.59. The average molecular weight is 158 g/mol. The third kappa shape index (κ3) is 0.900. The Bertz CT molecular complexity index is 361. The number of hydrogen-bond donors (Lipinski definition) is 0. The zero-order valence-electron chi connectivity index (χ0n) is 7.00. The van der Waals surface area contributed by atoms with Crippen LogP contribution in [-0.2, 0) is 11.2 Å². The molecule has 0 atom stereocenters. The van der Waals surface area contributed by atoms with Gasteiger partial charge in [0.25, 0.3) is 0 Å². The standard InChI is InChI=1S/C11H10O/c1-8-3-2-4-11-9(7-12)5-6-10(8)11/h2-5,7H,6H2,1H3. The van der Waals surface area contributed by atoms with Crippen LogP contribution >= 0.6 is 0 Å². The second-order valence-corrected chi connectivity index (χ2v) is 3.08. The van der Waals surface area contributed by atoms with Crippen LogP contribution in [0.2, 0.25) is 0 Å². The molecule has 1 aromatic rings. The van der Waals surface area contributed by atoms with Crippen molar-refractivity contribution in [2.75, 3.05) is 0 Å². The Morgan fingerprint density at radius 1 is 1.42 bits per heavy atom. The van der Waals surface area contributed by atoms with Crippen LogP contribution in [-0.4, -0.2) is 6.29 Å². The number of carbonyl (C=O) groups is 1. The van der Waals surface area contributed by atoms with Crippen LogP contribution in [0.5, 0.6) is 0 Å². The molecule has 0 radical (unpaired) electrons. The van der Waals surface area contributed by atoms with Crippen molar-refractivity contribution in [3.05, 3.63) is 41.0 Å². The summed E-state index contributed by atoms with van der Waals surface area (Å²) in [5.41, 5.74) is 4.54. The lowest BCUT2D eigenvalue weighted by Gasteiger charge is -2.02. The lowest BCUT2D eigenvalue weighted by molar-refractivity contribution is -0.103. The minimum absolute atomic E-state index is 0.841. The molecular formula is C11H10O. The first-order chi connectivity index (χ1) is 5.83. The molecule has 0 saturated carbocycles. The van der Waals surface area contributed by atoms with Gasteiger partial charge in [-0.3, -0.25) is 4.79 Å². The van der Waals surface area contributed by atoms with Crippen molar-refractivity contribution >= 4 is 11.9 Å². The van der Waals surface area contributed by atoms with Gasteiger partial charge in [-0.05, 0) is 30.0 Å².